The van der Waals surface area contributed by atoms with Crippen molar-refractivity contribution < 1.29 is 22.8 Å². The van der Waals surface area contributed by atoms with E-state index >= 15 is 0 Å². The monoisotopic (exact) mass is 323 g/mol. The van der Waals surface area contributed by atoms with Gasteiger partial charge in [-0.15, -0.1) is 0 Å². The van der Waals surface area contributed by atoms with Crippen LogP contribution in [0.25, 0.3) is 0 Å². The third kappa shape index (κ3) is 2.76. The van der Waals surface area contributed by atoms with E-state index in [0.717, 1.165) is 6.07 Å². The summed E-state index contributed by atoms with van der Waals surface area (Å²) in [4.78, 5) is 18.1. The predicted octanol–water partition coefficient (Wildman–Crippen LogP) is 2.29. The van der Waals surface area contributed by atoms with Crippen LogP contribution in [0.1, 0.15) is 34.4 Å². The van der Waals surface area contributed by atoms with Crippen molar-refractivity contribution in [1.29, 1.82) is 0 Å². The lowest BCUT2D eigenvalue weighted by atomic mass is 10.1. The van der Waals surface area contributed by atoms with Crippen LogP contribution in [0.5, 0.6) is 5.75 Å². The van der Waals surface area contributed by atoms with Gasteiger partial charge in [-0.3, -0.25) is 4.79 Å². The molecule has 3 rings (SSSR count). The van der Waals surface area contributed by atoms with E-state index < -0.39 is 23.1 Å². The Hall–Kier alpha value is -2.51. The molecule has 122 valence electrons. The second-order valence-corrected chi connectivity index (χ2v) is 5.36. The largest absolute Gasteiger partial charge is 0.496 e. The van der Waals surface area contributed by atoms with E-state index in [1.54, 1.807) is 6.92 Å². The Bertz CT molecular complexity index is 748. The molecular formula is C15H15F2N3O3. The van der Waals surface area contributed by atoms with Crippen molar-refractivity contribution >= 4 is 5.91 Å². The Balaban J connectivity index is 1.84. The lowest BCUT2D eigenvalue weighted by Gasteiger charge is -2.18. The van der Waals surface area contributed by atoms with E-state index in [2.05, 4.69) is 10.1 Å². The standard InChI is InChI=1S/C15H15F2N3O3/c1-8-18-14(23-19-8)9-5-6-20(7-9)15(21)12-11(22-2)4-3-10(16)13(12)17/h3-4,9H,5-7H2,1-2H3/t9-/m0/s1. The zero-order valence-corrected chi connectivity index (χ0v) is 12.7. The van der Waals surface area contributed by atoms with Gasteiger partial charge in [0.2, 0.25) is 5.89 Å². The number of halogens is 2. The Labute approximate surface area is 131 Å². The van der Waals surface area contributed by atoms with Crippen molar-refractivity contribution in [2.75, 3.05) is 20.2 Å². The van der Waals surface area contributed by atoms with Crippen LogP contribution < -0.4 is 4.74 Å². The summed E-state index contributed by atoms with van der Waals surface area (Å²) < 4.78 is 37.6. The third-order valence-electron chi connectivity index (χ3n) is 3.86. The zero-order valence-electron chi connectivity index (χ0n) is 12.7. The lowest BCUT2D eigenvalue weighted by molar-refractivity contribution is 0.0780. The molecule has 0 aliphatic carbocycles. The maximum atomic E-state index is 14.0. The van der Waals surface area contributed by atoms with Crippen LogP contribution in [0.15, 0.2) is 16.7 Å². The first-order valence-electron chi connectivity index (χ1n) is 7.12. The predicted molar refractivity (Wildman–Crippen MR) is 75.2 cm³/mol. The number of amides is 1. The van der Waals surface area contributed by atoms with Crippen LogP contribution in [-0.4, -0.2) is 41.1 Å². The van der Waals surface area contributed by atoms with Gasteiger partial charge in [-0.2, -0.15) is 4.98 Å². The van der Waals surface area contributed by atoms with E-state index in [9.17, 15) is 13.6 Å². The number of benzene rings is 1. The summed E-state index contributed by atoms with van der Waals surface area (Å²) in [6, 6.07) is 2.17. The molecule has 6 nitrogen and oxygen atoms in total. The topological polar surface area (TPSA) is 68.5 Å². The van der Waals surface area contributed by atoms with Gasteiger partial charge in [0.05, 0.1) is 13.0 Å². The molecule has 0 spiro atoms. The zero-order chi connectivity index (χ0) is 16.6. The Morgan fingerprint density at radius 3 is 2.87 bits per heavy atom. The summed E-state index contributed by atoms with van der Waals surface area (Å²) in [6.45, 7) is 2.40. The molecule has 1 aliphatic heterocycles. The summed E-state index contributed by atoms with van der Waals surface area (Å²) in [7, 11) is 1.30. The van der Waals surface area contributed by atoms with Gasteiger partial charge in [0.1, 0.15) is 11.3 Å². The molecule has 1 aromatic carbocycles. The number of aryl methyl sites for hydroxylation is 1. The first kappa shape index (κ1) is 15.4. The summed E-state index contributed by atoms with van der Waals surface area (Å²) in [5.74, 6) is -2.04. The van der Waals surface area contributed by atoms with E-state index in [1.165, 1.54) is 18.1 Å². The molecule has 1 aliphatic rings. The number of carbonyl (C=O) groups excluding carboxylic acids is 1. The molecule has 2 heterocycles. The van der Waals surface area contributed by atoms with E-state index in [0.29, 0.717) is 31.2 Å². The Morgan fingerprint density at radius 2 is 2.22 bits per heavy atom. The fourth-order valence-corrected chi connectivity index (χ4v) is 2.69. The van der Waals surface area contributed by atoms with Crippen molar-refractivity contribution in [1.82, 2.24) is 15.0 Å². The number of carbonyl (C=O) groups is 1. The molecule has 23 heavy (non-hydrogen) atoms. The number of aromatic nitrogens is 2. The molecule has 0 N–H and O–H groups in total. The summed E-state index contributed by atoms with van der Waals surface area (Å²) in [6.07, 6.45) is 0.618. The number of likely N-dealkylation sites (tertiary alicyclic amines) is 1. The van der Waals surface area contributed by atoms with Crippen molar-refractivity contribution in [2.24, 2.45) is 0 Å². The number of ether oxygens (including phenoxy) is 1. The van der Waals surface area contributed by atoms with Crippen LogP contribution >= 0.6 is 0 Å². The number of hydrogen-bond donors (Lipinski definition) is 0. The quantitative estimate of drug-likeness (QED) is 0.867. The fourth-order valence-electron chi connectivity index (χ4n) is 2.69. The van der Waals surface area contributed by atoms with Crippen LogP contribution in [0.2, 0.25) is 0 Å². The molecule has 1 fully saturated rings. The molecule has 1 aromatic heterocycles. The highest BCUT2D eigenvalue weighted by molar-refractivity contribution is 5.97. The Kier molecular flexibility index (Phi) is 3.97. The average Bonchev–Trinajstić information content (AvgIpc) is 3.18. The number of methoxy groups -OCH3 is 1. The van der Waals surface area contributed by atoms with Crippen LogP contribution in [0.3, 0.4) is 0 Å². The van der Waals surface area contributed by atoms with Crippen molar-refractivity contribution in [3.8, 4) is 5.75 Å². The normalized spacial score (nSPS) is 17.6. The summed E-state index contributed by atoms with van der Waals surface area (Å²) >= 11 is 0. The summed E-state index contributed by atoms with van der Waals surface area (Å²) in [5.41, 5.74) is -0.394. The average molecular weight is 323 g/mol. The third-order valence-corrected chi connectivity index (χ3v) is 3.86. The van der Waals surface area contributed by atoms with Gasteiger partial charge in [-0.25, -0.2) is 8.78 Å². The molecule has 1 saturated heterocycles. The molecule has 1 atom stereocenters. The van der Waals surface area contributed by atoms with Gasteiger partial charge in [0.15, 0.2) is 17.5 Å². The molecule has 0 bridgehead atoms. The second-order valence-electron chi connectivity index (χ2n) is 5.36. The molecule has 0 saturated carbocycles. The van der Waals surface area contributed by atoms with Gasteiger partial charge < -0.3 is 14.2 Å². The molecule has 0 radical (unpaired) electrons. The highest BCUT2D eigenvalue weighted by Crippen LogP contribution is 2.30. The smallest absolute Gasteiger partial charge is 0.260 e. The maximum Gasteiger partial charge on any atom is 0.260 e. The summed E-state index contributed by atoms with van der Waals surface area (Å²) in [5, 5.41) is 3.72. The Morgan fingerprint density at radius 1 is 1.43 bits per heavy atom. The highest BCUT2D eigenvalue weighted by atomic mass is 19.2. The SMILES string of the molecule is COc1ccc(F)c(F)c1C(=O)N1CC[C@H](c2nc(C)no2)C1. The van der Waals surface area contributed by atoms with Crippen molar-refractivity contribution in [3.63, 3.8) is 0 Å². The molecule has 0 unspecified atom stereocenters. The number of nitrogens with zero attached hydrogens (tertiary/aromatic N) is 3. The minimum Gasteiger partial charge on any atom is -0.496 e. The first-order chi connectivity index (χ1) is 11.0. The minimum absolute atomic E-state index is 0.00554. The van der Waals surface area contributed by atoms with Crippen LogP contribution in [-0.2, 0) is 0 Å². The molecule has 1 amide bonds. The minimum atomic E-state index is -1.20. The molecular weight excluding hydrogens is 308 g/mol. The van der Waals surface area contributed by atoms with Crippen molar-refractivity contribution in [3.05, 3.63) is 41.0 Å². The maximum absolute atomic E-state index is 14.0. The van der Waals surface area contributed by atoms with Gasteiger partial charge in [-0.1, -0.05) is 5.16 Å². The van der Waals surface area contributed by atoms with E-state index in [-0.39, 0.29) is 11.7 Å². The fraction of sp³-hybridized carbons (Fsp3) is 0.400. The van der Waals surface area contributed by atoms with E-state index in [4.69, 9.17) is 9.26 Å². The highest BCUT2D eigenvalue weighted by Gasteiger charge is 2.34. The first-order valence-corrected chi connectivity index (χ1v) is 7.12. The molecule has 8 heteroatoms. The van der Waals surface area contributed by atoms with Crippen molar-refractivity contribution in [2.45, 2.75) is 19.3 Å². The van der Waals surface area contributed by atoms with Gasteiger partial charge in [0.25, 0.3) is 5.91 Å². The lowest BCUT2D eigenvalue weighted by Crippen LogP contribution is -2.30. The second kappa shape index (κ2) is 5.94. The van der Waals surface area contributed by atoms with Gasteiger partial charge >= 0.3 is 0 Å². The van der Waals surface area contributed by atoms with Crippen LogP contribution in [0, 0.1) is 18.6 Å². The van der Waals surface area contributed by atoms with E-state index in [1.807, 2.05) is 0 Å². The van der Waals surface area contributed by atoms with Gasteiger partial charge in [-0.05, 0) is 25.5 Å². The molecule has 2 aromatic rings. The number of rotatable bonds is 3. The van der Waals surface area contributed by atoms with Gasteiger partial charge in [0, 0.05) is 13.1 Å². The number of hydrogen-bond acceptors (Lipinski definition) is 5. The van der Waals surface area contributed by atoms with Crippen LogP contribution in [0.4, 0.5) is 8.78 Å².